The predicted molar refractivity (Wildman–Crippen MR) is 70.0 cm³/mol. The molecule has 0 aromatic heterocycles. The first-order valence-corrected chi connectivity index (χ1v) is 7.17. The molecule has 0 amide bonds. The fourth-order valence-electron chi connectivity index (χ4n) is 2.94. The summed E-state index contributed by atoms with van der Waals surface area (Å²) in [6, 6.07) is 0.415. The summed E-state index contributed by atoms with van der Waals surface area (Å²) >= 11 is 0. The Hall–Kier alpha value is -0.290. The van der Waals surface area contributed by atoms with Crippen LogP contribution in [-0.4, -0.2) is 32.0 Å². The zero-order chi connectivity index (χ0) is 14.5. The summed E-state index contributed by atoms with van der Waals surface area (Å²) in [4.78, 5) is 0. The van der Waals surface area contributed by atoms with Gasteiger partial charge in [0.2, 0.25) is 0 Å². The molecule has 0 aromatic rings. The van der Waals surface area contributed by atoms with E-state index in [4.69, 9.17) is 0 Å². The Morgan fingerprint density at radius 3 is 2.53 bits per heavy atom. The molecule has 0 aliphatic heterocycles. The molecule has 0 bridgehead atoms. The van der Waals surface area contributed by atoms with Gasteiger partial charge in [-0.1, -0.05) is 27.2 Å². The van der Waals surface area contributed by atoms with Crippen molar-refractivity contribution in [1.29, 1.82) is 0 Å². The van der Waals surface area contributed by atoms with Crippen LogP contribution in [0.15, 0.2) is 0 Å². The van der Waals surface area contributed by atoms with E-state index in [1.165, 1.54) is 12.8 Å². The van der Waals surface area contributed by atoms with Gasteiger partial charge in [0, 0.05) is 12.6 Å². The van der Waals surface area contributed by atoms with E-state index < -0.39 is 12.8 Å². The fourth-order valence-corrected chi connectivity index (χ4v) is 2.94. The Balaban J connectivity index is 2.25. The molecule has 3 atom stereocenters. The third kappa shape index (κ3) is 6.61. The summed E-state index contributed by atoms with van der Waals surface area (Å²) in [5, 5.41) is 3.38. The first-order chi connectivity index (χ1) is 8.79. The SMILES string of the molecule is CC1CCC(C(C)C)C(NCCOCC(F)(F)F)C1. The maximum atomic E-state index is 11.9. The van der Waals surface area contributed by atoms with Crippen molar-refractivity contribution in [2.45, 2.75) is 52.3 Å². The number of rotatable bonds is 6. The van der Waals surface area contributed by atoms with Crippen molar-refractivity contribution in [2.24, 2.45) is 17.8 Å². The number of hydrogen-bond acceptors (Lipinski definition) is 2. The molecule has 0 spiro atoms. The lowest BCUT2D eigenvalue weighted by Gasteiger charge is -2.38. The maximum absolute atomic E-state index is 11.9. The summed E-state index contributed by atoms with van der Waals surface area (Å²) in [5.74, 6) is 1.93. The molecule has 1 N–H and O–H groups in total. The molecular formula is C14H26F3NO. The molecular weight excluding hydrogens is 255 g/mol. The van der Waals surface area contributed by atoms with Crippen LogP contribution in [0.2, 0.25) is 0 Å². The van der Waals surface area contributed by atoms with Crippen LogP contribution in [0.3, 0.4) is 0 Å². The molecule has 19 heavy (non-hydrogen) atoms. The molecule has 5 heteroatoms. The van der Waals surface area contributed by atoms with Crippen molar-refractivity contribution < 1.29 is 17.9 Å². The average molecular weight is 281 g/mol. The molecule has 1 aliphatic carbocycles. The molecule has 1 rings (SSSR count). The zero-order valence-electron chi connectivity index (χ0n) is 12.1. The van der Waals surface area contributed by atoms with Crippen molar-refractivity contribution in [2.75, 3.05) is 19.8 Å². The van der Waals surface area contributed by atoms with Gasteiger partial charge in [0.25, 0.3) is 0 Å². The third-order valence-electron chi connectivity index (χ3n) is 3.94. The second kappa shape index (κ2) is 7.48. The van der Waals surface area contributed by atoms with E-state index in [0.717, 1.165) is 6.42 Å². The van der Waals surface area contributed by atoms with Gasteiger partial charge in [-0.25, -0.2) is 0 Å². The van der Waals surface area contributed by atoms with E-state index in [1.807, 2.05) is 0 Å². The molecule has 0 heterocycles. The number of ether oxygens (including phenoxy) is 1. The van der Waals surface area contributed by atoms with Crippen LogP contribution in [0.1, 0.15) is 40.0 Å². The van der Waals surface area contributed by atoms with Crippen molar-refractivity contribution in [3.05, 3.63) is 0 Å². The lowest BCUT2D eigenvalue weighted by atomic mass is 9.74. The van der Waals surface area contributed by atoms with Crippen molar-refractivity contribution >= 4 is 0 Å². The second-order valence-electron chi connectivity index (χ2n) is 6.05. The average Bonchev–Trinajstić information content (AvgIpc) is 2.26. The van der Waals surface area contributed by atoms with E-state index in [2.05, 4.69) is 30.8 Å². The van der Waals surface area contributed by atoms with Crippen LogP contribution < -0.4 is 5.32 Å². The number of alkyl halides is 3. The van der Waals surface area contributed by atoms with Gasteiger partial charge in [-0.05, 0) is 30.6 Å². The van der Waals surface area contributed by atoms with Crippen LogP contribution >= 0.6 is 0 Å². The number of nitrogens with one attached hydrogen (secondary N) is 1. The molecule has 1 aliphatic rings. The Morgan fingerprint density at radius 2 is 1.95 bits per heavy atom. The Kier molecular flexibility index (Phi) is 6.60. The van der Waals surface area contributed by atoms with Gasteiger partial charge in [-0.2, -0.15) is 13.2 Å². The van der Waals surface area contributed by atoms with E-state index in [0.29, 0.717) is 30.3 Å². The van der Waals surface area contributed by atoms with E-state index >= 15 is 0 Å². The highest BCUT2D eigenvalue weighted by molar-refractivity contribution is 4.85. The summed E-state index contributed by atoms with van der Waals surface area (Å²) in [6.07, 6.45) is -0.645. The molecule has 0 aromatic carbocycles. The topological polar surface area (TPSA) is 21.3 Å². The normalized spacial score (nSPS) is 28.9. The minimum absolute atomic E-state index is 0.120. The minimum atomic E-state index is -4.22. The highest BCUT2D eigenvalue weighted by atomic mass is 19.4. The first-order valence-electron chi connectivity index (χ1n) is 7.17. The fraction of sp³-hybridized carbons (Fsp3) is 1.00. The standard InChI is InChI=1S/C14H26F3NO/c1-10(2)12-5-4-11(3)8-13(12)18-6-7-19-9-14(15,16)17/h10-13,18H,4-9H2,1-3H3. The van der Waals surface area contributed by atoms with Gasteiger partial charge in [0.1, 0.15) is 6.61 Å². The van der Waals surface area contributed by atoms with E-state index in [9.17, 15) is 13.2 Å². The Bertz CT molecular complexity index is 256. The zero-order valence-corrected chi connectivity index (χ0v) is 12.1. The summed E-state index contributed by atoms with van der Waals surface area (Å²) in [5.41, 5.74) is 0. The van der Waals surface area contributed by atoms with Crippen LogP contribution in [0.4, 0.5) is 13.2 Å². The Morgan fingerprint density at radius 1 is 1.26 bits per heavy atom. The summed E-state index contributed by atoms with van der Waals surface area (Å²) in [7, 11) is 0. The second-order valence-corrected chi connectivity index (χ2v) is 6.05. The molecule has 0 saturated heterocycles. The molecule has 114 valence electrons. The van der Waals surface area contributed by atoms with E-state index in [1.54, 1.807) is 0 Å². The quantitative estimate of drug-likeness (QED) is 0.751. The molecule has 0 radical (unpaired) electrons. The lowest BCUT2D eigenvalue weighted by Crippen LogP contribution is -2.44. The van der Waals surface area contributed by atoms with E-state index in [-0.39, 0.29) is 6.61 Å². The number of halogens is 3. The summed E-state index contributed by atoms with van der Waals surface area (Å²) in [6.45, 7) is 6.14. The predicted octanol–water partition coefficient (Wildman–Crippen LogP) is 3.62. The summed E-state index contributed by atoms with van der Waals surface area (Å²) < 4.78 is 40.4. The van der Waals surface area contributed by atoms with Gasteiger partial charge in [0.15, 0.2) is 0 Å². The first kappa shape index (κ1) is 16.8. The van der Waals surface area contributed by atoms with Crippen LogP contribution in [0.25, 0.3) is 0 Å². The van der Waals surface area contributed by atoms with Crippen molar-refractivity contribution in [1.82, 2.24) is 5.32 Å². The monoisotopic (exact) mass is 281 g/mol. The molecule has 3 unspecified atom stereocenters. The highest BCUT2D eigenvalue weighted by Crippen LogP contribution is 2.33. The lowest BCUT2D eigenvalue weighted by molar-refractivity contribution is -0.173. The Labute approximate surface area is 114 Å². The van der Waals surface area contributed by atoms with Crippen LogP contribution in [0, 0.1) is 17.8 Å². The van der Waals surface area contributed by atoms with Gasteiger partial charge >= 0.3 is 6.18 Å². The minimum Gasteiger partial charge on any atom is -0.371 e. The molecule has 1 fully saturated rings. The molecule has 1 saturated carbocycles. The van der Waals surface area contributed by atoms with Gasteiger partial charge in [-0.15, -0.1) is 0 Å². The largest absolute Gasteiger partial charge is 0.411 e. The van der Waals surface area contributed by atoms with Crippen LogP contribution in [-0.2, 0) is 4.74 Å². The highest BCUT2D eigenvalue weighted by Gasteiger charge is 2.30. The number of hydrogen-bond donors (Lipinski definition) is 1. The smallest absolute Gasteiger partial charge is 0.371 e. The third-order valence-corrected chi connectivity index (χ3v) is 3.94. The van der Waals surface area contributed by atoms with Crippen molar-refractivity contribution in [3.8, 4) is 0 Å². The van der Waals surface area contributed by atoms with Crippen molar-refractivity contribution in [3.63, 3.8) is 0 Å². The van der Waals surface area contributed by atoms with Gasteiger partial charge in [-0.3, -0.25) is 0 Å². The van der Waals surface area contributed by atoms with Gasteiger partial charge < -0.3 is 10.1 Å². The van der Waals surface area contributed by atoms with Gasteiger partial charge in [0.05, 0.1) is 6.61 Å². The molecule has 2 nitrogen and oxygen atoms in total. The maximum Gasteiger partial charge on any atom is 0.411 e. The van der Waals surface area contributed by atoms with Crippen LogP contribution in [0.5, 0.6) is 0 Å².